The van der Waals surface area contributed by atoms with Crippen molar-refractivity contribution in [1.29, 1.82) is 0 Å². The van der Waals surface area contributed by atoms with Crippen molar-refractivity contribution in [3.05, 3.63) is 48.0 Å². The molecular formula is C10H11N3O. The van der Waals surface area contributed by atoms with E-state index in [2.05, 4.69) is 10.1 Å². The van der Waals surface area contributed by atoms with Crippen molar-refractivity contribution in [3.8, 4) is 0 Å². The Morgan fingerprint density at radius 3 is 2.64 bits per heavy atom. The van der Waals surface area contributed by atoms with Gasteiger partial charge in [-0.05, 0) is 11.1 Å². The van der Waals surface area contributed by atoms with Gasteiger partial charge in [0.15, 0.2) is 0 Å². The lowest BCUT2D eigenvalue weighted by molar-refractivity contribution is 0.280. The molecule has 0 saturated carbocycles. The summed E-state index contributed by atoms with van der Waals surface area (Å²) in [6.45, 7) is 0.710. The zero-order valence-electron chi connectivity index (χ0n) is 7.67. The molecule has 0 bridgehead atoms. The number of rotatable bonds is 3. The van der Waals surface area contributed by atoms with Gasteiger partial charge < -0.3 is 5.11 Å². The Kier molecular flexibility index (Phi) is 2.55. The third kappa shape index (κ3) is 1.80. The predicted octanol–water partition coefficient (Wildman–Crippen LogP) is 0.819. The maximum atomic E-state index is 9.10. The molecule has 1 aromatic carbocycles. The number of aliphatic hydroxyl groups excluding tert-OH is 1. The molecule has 0 amide bonds. The van der Waals surface area contributed by atoms with Crippen molar-refractivity contribution in [3.63, 3.8) is 0 Å². The first-order valence-corrected chi connectivity index (χ1v) is 4.40. The molecule has 1 heterocycles. The predicted molar refractivity (Wildman–Crippen MR) is 51.5 cm³/mol. The van der Waals surface area contributed by atoms with Crippen LogP contribution in [-0.4, -0.2) is 19.9 Å². The third-order valence-corrected chi connectivity index (χ3v) is 2.09. The van der Waals surface area contributed by atoms with Gasteiger partial charge in [-0.25, -0.2) is 9.67 Å². The van der Waals surface area contributed by atoms with Crippen LogP contribution in [0.1, 0.15) is 11.1 Å². The van der Waals surface area contributed by atoms with Gasteiger partial charge in [0, 0.05) is 0 Å². The first-order valence-electron chi connectivity index (χ1n) is 4.40. The second-order valence-electron chi connectivity index (χ2n) is 3.02. The van der Waals surface area contributed by atoms with Crippen LogP contribution < -0.4 is 0 Å². The van der Waals surface area contributed by atoms with E-state index in [-0.39, 0.29) is 6.61 Å². The van der Waals surface area contributed by atoms with Crippen LogP contribution in [0, 0.1) is 0 Å². The zero-order chi connectivity index (χ0) is 9.80. The summed E-state index contributed by atoms with van der Waals surface area (Å²) in [5, 5.41) is 13.1. The molecule has 0 unspecified atom stereocenters. The van der Waals surface area contributed by atoms with Crippen molar-refractivity contribution in [1.82, 2.24) is 14.8 Å². The normalized spacial score (nSPS) is 10.4. The Morgan fingerprint density at radius 1 is 1.21 bits per heavy atom. The fraction of sp³-hybridized carbons (Fsp3) is 0.200. The molecule has 2 rings (SSSR count). The minimum Gasteiger partial charge on any atom is -0.392 e. The van der Waals surface area contributed by atoms with Gasteiger partial charge in [0.25, 0.3) is 0 Å². The van der Waals surface area contributed by atoms with Crippen LogP contribution in [0.15, 0.2) is 36.9 Å². The minimum absolute atomic E-state index is 0.0604. The highest BCUT2D eigenvalue weighted by Gasteiger charge is 2.00. The summed E-state index contributed by atoms with van der Waals surface area (Å²) in [5.41, 5.74) is 2.00. The smallest absolute Gasteiger partial charge is 0.137 e. The van der Waals surface area contributed by atoms with Gasteiger partial charge in [-0.2, -0.15) is 5.10 Å². The summed E-state index contributed by atoms with van der Waals surface area (Å²) in [4.78, 5) is 3.86. The Morgan fingerprint density at radius 2 is 2.00 bits per heavy atom. The van der Waals surface area contributed by atoms with Gasteiger partial charge in [-0.1, -0.05) is 24.3 Å². The number of nitrogens with zero attached hydrogens (tertiary/aromatic N) is 3. The van der Waals surface area contributed by atoms with Gasteiger partial charge in [-0.15, -0.1) is 0 Å². The molecule has 4 heteroatoms. The Hall–Kier alpha value is -1.68. The topological polar surface area (TPSA) is 50.9 Å². The van der Waals surface area contributed by atoms with Gasteiger partial charge in [0.1, 0.15) is 12.7 Å². The van der Waals surface area contributed by atoms with Crippen molar-refractivity contribution in [2.75, 3.05) is 0 Å². The fourth-order valence-corrected chi connectivity index (χ4v) is 1.35. The highest BCUT2D eigenvalue weighted by molar-refractivity contribution is 5.26. The van der Waals surface area contributed by atoms with E-state index in [1.165, 1.54) is 6.33 Å². The van der Waals surface area contributed by atoms with Crippen molar-refractivity contribution in [2.45, 2.75) is 13.2 Å². The fourth-order valence-electron chi connectivity index (χ4n) is 1.35. The van der Waals surface area contributed by atoms with Gasteiger partial charge in [0.2, 0.25) is 0 Å². The molecule has 0 fully saturated rings. The number of aromatic nitrogens is 3. The molecule has 14 heavy (non-hydrogen) atoms. The average Bonchev–Trinajstić information content (AvgIpc) is 2.71. The van der Waals surface area contributed by atoms with E-state index < -0.39 is 0 Å². The molecule has 1 aromatic heterocycles. The maximum absolute atomic E-state index is 9.10. The third-order valence-electron chi connectivity index (χ3n) is 2.09. The molecule has 0 radical (unpaired) electrons. The molecule has 0 spiro atoms. The standard InChI is InChI=1S/C10H11N3O/c14-6-10-4-2-1-3-9(10)5-13-8-11-7-12-13/h1-4,7-8,14H,5-6H2. The van der Waals surface area contributed by atoms with Crippen LogP contribution >= 0.6 is 0 Å². The maximum Gasteiger partial charge on any atom is 0.137 e. The largest absolute Gasteiger partial charge is 0.392 e. The van der Waals surface area contributed by atoms with Crippen LogP contribution in [-0.2, 0) is 13.2 Å². The Bertz CT molecular complexity index is 398. The van der Waals surface area contributed by atoms with E-state index in [9.17, 15) is 0 Å². The Balaban J connectivity index is 2.24. The monoisotopic (exact) mass is 189 g/mol. The lowest BCUT2D eigenvalue weighted by Crippen LogP contribution is -2.03. The second-order valence-corrected chi connectivity index (χ2v) is 3.02. The molecule has 0 aliphatic rings. The van der Waals surface area contributed by atoms with Crippen LogP contribution in [0.25, 0.3) is 0 Å². The SMILES string of the molecule is OCc1ccccc1Cn1cncn1. The molecule has 0 saturated heterocycles. The van der Waals surface area contributed by atoms with E-state index in [1.54, 1.807) is 11.0 Å². The molecular weight excluding hydrogens is 178 g/mol. The van der Waals surface area contributed by atoms with Crippen molar-refractivity contribution >= 4 is 0 Å². The van der Waals surface area contributed by atoms with Crippen molar-refractivity contribution < 1.29 is 5.11 Å². The highest BCUT2D eigenvalue weighted by Crippen LogP contribution is 2.09. The summed E-state index contributed by atoms with van der Waals surface area (Å²) < 4.78 is 1.73. The Labute approximate surface area is 81.8 Å². The summed E-state index contributed by atoms with van der Waals surface area (Å²) >= 11 is 0. The van der Waals surface area contributed by atoms with Crippen LogP contribution in [0.5, 0.6) is 0 Å². The molecule has 72 valence electrons. The number of aliphatic hydroxyl groups is 1. The van der Waals surface area contributed by atoms with Gasteiger partial charge in [-0.3, -0.25) is 0 Å². The van der Waals surface area contributed by atoms with E-state index in [0.717, 1.165) is 11.1 Å². The van der Waals surface area contributed by atoms with Crippen LogP contribution in [0.4, 0.5) is 0 Å². The average molecular weight is 189 g/mol. The van der Waals surface area contributed by atoms with Gasteiger partial charge in [0.05, 0.1) is 13.2 Å². The first kappa shape index (κ1) is 8.90. The summed E-state index contributed by atoms with van der Waals surface area (Å²) in [6, 6.07) is 7.75. The van der Waals surface area contributed by atoms with Gasteiger partial charge >= 0.3 is 0 Å². The van der Waals surface area contributed by atoms with Crippen molar-refractivity contribution in [2.24, 2.45) is 0 Å². The molecule has 4 nitrogen and oxygen atoms in total. The molecule has 0 atom stereocenters. The quantitative estimate of drug-likeness (QED) is 0.777. The second kappa shape index (κ2) is 4.02. The summed E-state index contributed by atoms with van der Waals surface area (Å²) in [6.07, 6.45) is 3.16. The van der Waals surface area contributed by atoms with E-state index in [0.29, 0.717) is 6.54 Å². The minimum atomic E-state index is 0.0604. The number of hydrogen-bond donors (Lipinski definition) is 1. The number of benzene rings is 1. The first-order chi connectivity index (χ1) is 6.90. The summed E-state index contributed by atoms with van der Waals surface area (Å²) in [7, 11) is 0. The molecule has 0 aliphatic carbocycles. The highest BCUT2D eigenvalue weighted by atomic mass is 16.3. The van der Waals surface area contributed by atoms with E-state index in [4.69, 9.17) is 5.11 Å². The lowest BCUT2D eigenvalue weighted by Gasteiger charge is -2.06. The number of hydrogen-bond acceptors (Lipinski definition) is 3. The zero-order valence-corrected chi connectivity index (χ0v) is 7.67. The molecule has 1 N–H and O–H groups in total. The van der Waals surface area contributed by atoms with E-state index in [1.807, 2.05) is 24.3 Å². The summed E-state index contributed by atoms with van der Waals surface area (Å²) in [5.74, 6) is 0. The van der Waals surface area contributed by atoms with Crippen LogP contribution in [0.3, 0.4) is 0 Å². The lowest BCUT2D eigenvalue weighted by atomic mass is 10.1. The van der Waals surface area contributed by atoms with E-state index >= 15 is 0 Å². The molecule has 0 aliphatic heterocycles. The molecule has 2 aromatic rings. The van der Waals surface area contributed by atoms with Crippen LogP contribution in [0.2, 0.25) is 0 Å².